The van der Waals surface area contributed by atoms with Crippen LogP contribution >= 0.6 is 0 Å². The van der Waals surface area contributed by atoms with E-state index in [1.165, 1.54) is 11.6 Å². The molecule has 166 valence electrons. The summed E-state index contributed by atoms with van der Waals surface area (Å²) in [4.78, 5) is 13.3. The van der Waals surface area contributed by atoms with Crippen molar-refractivity contribution in [1.82, 2.24) is 19.8 Å². The minimum Gasteiger partial charge on any atom is -0.395 e. The van der Waals surface area contributed by atoms with Crippen LogP contribution in [0.2, 0.25) is 0 Å². The number of fused-ring (bicyclic) bond motifs is 1. The minimum absolute atomic E-state index is 0.153. The summed E-state index contributed by atoms with van der Waals surface area (Å²) in [5, 5.41) is 10.2. The lowest BCUT2D eigenvalue weighted by Gasteiger charge is -2.57. The Labute approximate surface area is 188 Å². The molecule has 2 fully saturated rings. The monoisotopic (exact) mass is 432 g/mol. The molecule has 0 saturated carbocycles. The fourth-order valence-corrected chi connectivity index (χ4v) is 5.39. The van der Waals surface area contributed by atoms with Crippen molar-refractivity contribution < 1.29 is 9.50 Å². The highest BCUT2D eigenvalue weighted by Crippen LogP contribution is 2.42. The summed E-state index contributed by atoms with van der Waals surface area (Å²) in [6.45, 7) is 4.07. The van der Waals surface area contributed by atoms with Crippen LogP contribution in [-0.4, -0.2) is 63.2 Å². The number of hydrogen-bond acceptors (Lipinski definition) is 5. The second-order valence-electron chi connectivity index (χ2n) is 8.90. The molecule has 1 aromatic heterocycles. The molecule has 2 aromatic carbocycles. The molecule has 2 saturated heterocycles. The zero-order chi connectivity index (χ0) is 21.9. The molecule has 3 heterocycles. The third kappa shape index (κ3) is 4.31. The Hall–Kier alpha value is -2.67. The van der Waals surface area contributed by atoms with E-state index >= 15 is 0 Å². The molecule has 0 aliphatic carbocycles. The van der Waals surface area contributed by atoms with Gasteiger partial charge in [0.05, 0.1) is 6.61 Å². The van der Waals surface area contributed by atoms with Crippen molar-refractivity contribution in [2.75, 3.05) is 26.2 Å². The van der Waals surface area contributed by atoms with Crippen LogP contribution in [0.15, 0.2) is 67.3 Å². The lowest BCUT2D eigenvalue weighted by molar-refractivity contribution is -0.0655. The van der Waals surface area contributed by atoms with Crippen LogP contribution in [0.1, 0.15) is 29.9 Å². The summed E-state index contributed by atoms with van der Waals surface area (Å²) < 4.78 is 13.6. The van der Waals surface area contributed by atoms with Gasteiger partial charge in [0.1, 0.15) is 12.1 Å². The number of aliphatic hydroxyl groups is 1. The molecule has 5 rings (SSSR count). The average Bonchev–Trinajstić information content (AvgIpc) is 2.81. The van der Waals surface area contributed by atoms with Gasteiger partial charge in [0, 0.05) is 49.0 Å². The second kappa shape index (κ2) is 9.45. The van der Waals surface area contributed by atoms with Gasteiger partial charge in [0.25, 0.3) is 0 Å². The van der Waals surface area contributed by atoms with E-state index in [-0.39, 0.29) is 24.4 Å². The maximum Gasteiger partial charge on any atom is 0.123 e. The highest BCUT2D eigenvalue weighted by atomic mass is 19.1. The normalized spacial score (nSPS) is 24.2. The van der Waals surface area contributed by atoms with Crippen molar-refractivity contribution in [1.29, 1.82) is 0 Å². The largest absolute Gasteiger partial charge is 0.395 e. The van der Waals surface area contributed by atoms with Gasteiger partial charge < -0.3 is 5.11 Å². The number of aromatic nitrogens is 2. The van der Waals surface area contributed by atoms with Crippen molar-refractivity contribution in [2.45, 2.75) is 37.4 Å². The predicted molar refractivity (Wildman–Crippen MR) is 122 cm³/mol. The molecule has 0 spiro atoms. The quantitative estimate of drug-likeness (QED) is 0.666. The van der Waals surface area contributed by atoms with Crippen LogP contribution in [0, 0.1) is 5.82 Å². The second-order valence-corrected chi connectivity index (χ2v) is 8.90. The Morgan fingerprint density at radius 2 is 1.75 bits per heavy atom. The third-order valence-electron chi connectivity index (χ3n) is 6.93. The fourth-order valence-electron chi connectivity index (χ4n) is 5.39. The molecule has 32 heavy (non-hydrogen) atoms. The van der Waals surface area contributed by atoms with Crippen LogP contribution in [0.5, 0.6) is 0 Å². The van der Waals surface area contributed by atoms with Crippen LogP contribution in [0.3, 0.4) is 0 Å². The number of hydrogen-bond donors (Lipinski definition) is 1. The Kier molecular flexibility index (Phi) is 6.26. The van der Waals surface area contributed by atoms with Gasteiger partial charge in [-0.05, 0) is 54.8 Å². The van der Waals surface area contributed by atoms with E-state index in [9.17, 15) is 9.50 Å². The summed E-state index contributed by atoms with van der Waals surface area (Å²) in [6.07, 6.45) is 7.65. The molecule has 0 radical (unpaired) electrons. The van der Waals surface area contributed by atoms with Crippen LogP contribution in [0.25, 0.3) is 11.1 Å². The highest BCUT2D eigenvalue weighted by molar-refractivity contribution is 5.63. The number of aliphatic hydroxyl groups excluding tert-OH is 1. The minimum atomic E-state index is -0.222. The number of rotatable bonds is 5. The van der Waals surface area contributed by atoms with Gasteiger partial charge in [-0.3, -0.25) is 9.80 Å². The van der Waals surface area contributed by atoms with E-state index in [0.717, 1.165) is 55.7 Å². The Bertz CT molecular complexity index is 1030. The number of halogens is 1. The molecule has 3 aromatic rings. The van der Waals surface area contributed by atoms with Crippen LogP contribution in [0.4, 0.5) is 4.39 Å². The zero-order valence-electron chi connectivity index (χ0n) is 18.1. The maximum absolute atomic E-state index is 13.6. The first kappa shape index (κ1) is 21.2. The van der Waals surface area contributed by atoms with Gasteiger partial charge in [-0.2, -0.15) is 0 Å². The van der Waals surface area contributed by atoms with Crippen molar-refractivity contribution in [3.05, 3.63) is 84.2 Å². The standard InChI is InChI=1S/C26H29FN4O/c27-23-5-3-4-22(12-23)20-6-8-21(9-7-20)26-24-16-30(15-19-13-28-18-29-14-19)10-1-2-11-31(24)25(26)17-32/h3-9,12-14,18,24-26,32H,1-2,10-11,15-17H2/t24-,25+,26+/m0/s1. The first-order chi connectivity index (χ1) is 15.7. The molecule has 0 amide bonds. The molecular weight excluding hydrogens is 403 g/mol. The third-order valence-corrected chi connectivity index (χ3v) is 6.93. The molecule has 0 unspecified atom stereocenters. The number of benzene rings is 2. The van der Waals surface area contributed by atoms with Crippen LogP contribution in [-0.2, 0) is 6.54 Å². The van der Waals surface area contributed by atoms with Crippen molar-refractivity contribution >= 4 is 0 Å². The van der Waals surface area contributed by atoms with E-state index < -0.39 is 0 Å². The fraction of sp³-hybridized carbons (Fsp3) is 0.385. The molecule has 0 bridgehead atoms. The van der Waals surface area contributed by atoms with Crippen molar-refractivity contribution in [2.24, 2.45) is 0 Å². The van der Waals surface area contributed by atoms with Gasteiger partial charge >= 0.3 is 0 Å². The summed E-state index contributed by atoms with van der Waals surface area (Å²) in [7, 11) is 0. The zero-order valence-corrected chi connectivity index (χ0v) is 18.1. The first-order valence-corrected chi connectivity index (χ1v) is 11.4. The van der Waals surface area contributed by atoms with E-state index in [0.29, 0.717) is 6.04 Å². The Morgan fingerprint density at radius 3 is 2.50 bits per heavy atom. The van der Waals surface area contributed by atoms with E-state index in [4.69, 9.17) is 0 Å². The lowest BCUT2D eigenvalue weighted by Crippen LogP contribution is -2.67. The highest BCUT2D eigenvalue weighted by Gasteiger charge is 2.49. The van der Waals surface area contributed by atoms with E-state index in [2.05, 4.69) is 44.0 Å². The van der Waals surface area contributed by atoms with Gasteiger partial charge in [-0.1, -0.05) is 36.4 Å². The van der Waals surface area contributed by atoms with Gasteiger partial charge in [0.2, 0.25) is 0 Å². The van der Waals surface area contributed by atoms with E-state index in [1.54, 1.807) is 18.5 Å². The topological polar surface area (TPSA) is 52.5 Å². The molecule has 5 nitrogen and oxygen atoms in total. The molecule has 6 heteroatoms. The molecule has 2 aliphatic rings. The van der Waals surface area contributed by atoms with Gasteiger partial charge in [-0.25, -0.2) is 14.4 Å². The summed E-state index contributed by atoms with van der Waals surface area (Å²) >= 11 is 0. The van der Waals surface area contributed by atoms with Gasteiger partial charge in [0.15, 0.2) is 0 Å². The van der Waals surface area contributed by atoms with E-state index in [1.807, 2.05) is 18.5 Å². The predicted octanol–water partition coefficient (Wildman–Crippen LogP) is 3.71. The summed E-state index contributed by atoms with van der Waals surface area (Å²) in [5.74, 6) is 0.0640. The average molecular weight is 433 g/mol. The molecule has 3 atom stereocenters. The smallest absolute Gasteiger partial charge is 0.123 e. The summed E-state index contributed by atoms with van der Waals surface area (Å²) in [5.41, 5.74) is 4.27. The SMILES string of the molecule is OC[C@@H]1[C@H](c2ccc(-c3cccc(F)c3)cc2)[C@@H]2CN(Cc3cncnc3)CCCCN12. The molecule has 1 N–H and O–H groups in total. The van der Waals surface area contributed by atoms with Crippen molar-refractivity contribution in [3.63, 3.8) is 0 Å². The maximum atomic E-state index is 13.6. The Balaban J connectivity index is 1.36. The molecule has 2 aliphatic heterocycles. The lowest BCUT2D eigenvalue weighted by atomic mass is 9.74. The van der Waals surface area contributed by atoms with Crippen LogP contribution < -0.4 is 0 Å². The van der Waals surface area contributed by atoms with Crippen molar-refractivity contribution in [3.8, 4) is 11.1 Å². The first-order valence-electron chi connectivity index (χ1n) is 11.4. The summed E-state index contributed by atoms with van der Waals surface area (Å²) in [6, 6.07) is 15.7. The van der Waals surface area contributed by atoms with Gasteiger partial charge in [-0.15, -0.1) is 0 Å². The number of nitrogens with zero attached hydrogens (tertiary/aromatic N) is 4. The molecular formula is C26H29FN4O. The Morgan fingerprint density at radius 1 is 0.969 bits per heavy atom.